The Morgan fingerprint density at radius 3 is 1.74 bits per heavy atom. The van der Waals surface area contributed by atoms with Crippen LogP contribution in [0, 0.1) is 0 Å². The molecular weight excluding hydrogens is 232 g/mol. The fraction of sp³-hybridized carbons (Fsp3) is 0.294. The van der Waals surface area contributed by atoms with Crippen molar-refractivity contribution in [2.75, 3.05) is 13.1 Å². The number of aryl methyl sites for hydroxylation is 1. The first-order valence-corrected chi connectivity index (χ1v) is 6.99. The summed E-state index contributed by atoms with van der Waals surface area (Å²) in [6.45, 7) is 1.97. The molecule has 0 aromatic heterocycles. The SMILES string of the molecule is c1ccc(CCCNNCCc2ccccc2)cc1. The highest BCUT2D eigenvalue weighted by Gasteiger charge is 1.93. The van der Waals surface area contributed by atoms with Crippen LogP contribution in [0.15, 0.2) is 60.7 Å². The van der Waals surface area contributed by atoms with Crippen molar-refractivity contribution in [3.05, 3.63) is 71.8 Å². The first kappa shape index (κ1) is 13.8. The Labute approximate surface area is 115 Å². The summed E-state index contributed by atoms with van der Waals surface area (Å²) in [4.78, 5) is 0. The molecular formula is C17H22N2. The van der Waals surface area contributed by atoms with E-state index in [1.165, 1.54) is 11.1 Å². The van der Waals surface area contributed by atoms with Gasteiger partial charge in [-0.1, -0.05) is 60.7 Å². The quantitative estimate of drug-likeness (QED) is 0.559. The average molecular weight is 254 g/mol. The van der Waals surface area contributed by atoms with Crippen LogP contribution in [0.2, 0.25) is 0 Å². The van der Waals surface area contributed by atoms with E-state index >= 15 is 0 Å². The normalized spacial score (nSPS) is 10.5. The van der Waals surface area contributed by atoms with E-state index in [-0.39, 0.29) is 0 Å². The van der Waals surface area contributed by atoms with E-state index in [1.54, 1.807) is 0 Å². The average Bonchev–Trinajstić information content (AvgIpc) is 2.48. The number of hydrogen-bond donors (Lipinski definition) is 2. The molecule has 0 unspecified atom stereocenters. The van der Waals surface area contributed by atoms with Crippen molar-refractivity contribution in [1.29, 1.82) is 0 Å². The molecule has 2 nitrogen and oxygen atoms in total. The van der Waals surface area contributed by atoms with Gasteiger partial charge in [0.25, 0.3) is 0 Å². The van der Waals surface area contributed by atoms with Crippen LogP contribution in [0.1, 0.15) is 17.5 Å². The van der Waals surface area contributed by atoms with Crippen LogP contribution in [0.4, 0.5) is 0 Å². The summed E-state index contributed by atoms with van der Waals surface area (Å²) in [7, 11) is 0. The maximum atomic E-state index is 3.28. The van der Waals surface area contributed by atoms with Crippen molar-refractivity contribution in [1.82, 2.24) is 10.9 Å². The van der Waals surface area contributed by atoms with Crippen molar-refractivity contribution in [2.24, 2.45) is 0 Å². The fourth-order valence-electron chi connectivity index (χ4n) is 2.05. The van der Waals surface area contributed by atoms with Gasteiger partial charge in [-0.15, -0.1) is 0 Å². The molecule has 0 bridgehead atoms. The minimum Gasteiger partial charge on any atom is -0.258 e. The molecule has 0 aliphatic heterocycles. The Hall–Kier alpha value is -1.64. The van der Waals surface area contributed by atoms with Gasteiger partial charge in [0.05, 0.1) is 0 Å². The Balaban J connectivity index is 1.49. The monoisotopic (exact) mass is 254 g/mol. The third-order valence-electron chi connectivity index (χ3n) is 3.12. The van der Waals surface area contributed by atoms with Crippen molar-refractivity contribution in [3.8, 4) is 0 Å². The van der Waals surface area contributed by atoms with Crippen LogP contribution in [0.3, 0.4) is 0 Å². The summed E-state index contributed by atoms with van der Waals surface area (Å²) in [6, 6.07) is 21.2. The lowest BCUT2D eigenvalue weighted by atomic mass is 10.1. The van der Waals surface area contributed by atoms with Gasteiger partial charge in [0, 0.05) is 13.1 Å². The van der Waals surface area contributed by atoms with E-state index in [0.717, 1.165) is 32.4 Å². The Morgan fingerprint density at radius 2 is 1.11 bits per heavy atom. The molecule has 2 heteroatoms. The zero-order valence-corrected chi connectivity index (χ0v) is 11.3. The highest BCUT2D eigenvalue weighted by molar-refractivity contribution is 5.15. The van der Waals surface area contributed by atoms with Gasteiger partial charge in [-0.05, 0) is 30.4 Å². The second-order valence-electron chi connectivity index (χ2n) is 4.68. The number of nitrogens with one attached hydrogen (secondary N) is 2. The zero-order valence-electron chi connectivity index (χ0n) is 11.3. The van der Waals surface area contributed by atoms with E-state index < -0.39 is 0 Å². The molecule has 0 aliphatic carbocycles. The van der Waals surface area contributed by atoms with Gasteiger partial charge in [-0.3, -0.25) is 10.9 Å². The third-order valence-corrected chi connectivity index (χ3v) is 3.12. The summed E-state index contributed by atoms with van der Waals surface area (Å²) in [5.41, 5.74) is 9.33. The molecule has 2 aromatic rings. The van der Waals surface area contributed by atoms with Crippen LogP contribution in [0.25, 0.3) is 0 Å². The van der Waals surface area contributed by atoms with Crippen LogP contribution in [-0.2, 0) is 12.8 Å². The maximum Gasteiger partial charge on any atom is 0.0140 e. The summed E-state index contributed by atoms with van der Waals surface area (Å²) in [5, 5.41) is 0. The molecule has 0 spiro atoms. The van der Waals surface area contributed by atoms with Crippen molar-refractivity contribution < 1.29 is 0 Å². The number of hydrazine groups is 1. The highest BCUT2D eigenvalue weighted by Crippen LogP contribution is 2.01. The van der Waals surface area contributed by atoms with Crippen LogP contribution < -0.4 is 10.9 Å². The minimum absolute atomic E-state index is 0.968. The predicted molar refractivity (Wildman–Crippen MR) is 80.9 cm³/mol. The summed E-state index contributed by atoms with van der Waals surface area (Å²) in [6.07, 6.45) is 3.35. The maximum absolute atomic E-state index is 3.28. The molecule has 19 heavy (non-hydrogen) atoms. The molecule has 0 saturated carbocycles. The van der Waals surface area contributed by atoms with E-state index in [0.29, 0.717) is 0 Å². The van der Waals surface area contributed by atoms with Crippen molar-refractivity contribution in [3.63, 3.8) is 0 Å². The first-order valence-electron chi connectivity index (χ1n) is 6.99. The Kier molecular flexibility index (Phi) is 6.14. The highest BCUT2D eigenvalue weighted by atomic mass is 15.3. The van der Waals surface area contributed by atoms with E-state index in [9.17, 15) is 0 Å². The third kappa shape index (κ3) is 5.69. The van der Waals surface area contributed by atoms with E-state index in [4.69, 9.17) is 0 Å². The number of rotatable bonds is 8. The molecule has 0 heterocycles. The van der Waals surface area contributed by atoms with Gasteiger partial charge in [0.1, 0.15) is 0 Å². The minimum atomic E-state index is 0.968. The van der Waals surface area contributed by atoms with E-state index in [1.807, 2.05) is 0 Å². The molecule has 0 atom stereocenters. The summed E-state index contributed by atoms with van der Waals surface area (Å²) in [5.74, 6) is 0. The Morgan fingerprint density at radius 1 is 0.579 bits per heavy atom. The van der Waals surface area contributed by atoms with Crippen LogP contribution in [0.5, 0.6) is 0 Å². The van der Waals surface area contributed by atoms with Crippen molar-refractivity contribution >= 4 is 0 Å². The van der Waals surface area contributed by atoms with Crippen LogP contribution in [-0.4, -0.2) is 13.1 Å². The first-order chi connectivity index (χ1) is 9.45. The summed E-state index contributed by atoms with van der Waals surface area (Å²) >= 11 is 0. The Bertz CT molecular complexity index is 396. The fourth-order valence-corrected chi connectivity index (χ4v) is 2.05. The molecule has 2 rings (SSSR count). The molecule has 100 valence electrons. The van der Waals surface area contributed by atoms with Crippen molar-refractivity contribution in [2.45, 2.75) is 19.3 Å². The lowest BCUT2D eigenvalue weighted by Gasteiger charge is -2.07. The second kappa shape index (κ2) is 8.46. The summed E-state index contributed by atoms with van der Waals surface area (Å²) < 4.78 is 0. The molecule has 0 fully saturated rings. The van der Waals surface area contributed by atoms with Gasteiger partial charge in [0.15, 0.2) is 0 Å². The largest absolute Gasteiger partial charge is 0.258 e. The molecule has 2 N–H and O–H groups in total. The van der Waals surface area contributed by atoms with Crippen LogP contribution >= 0.6 is 0 Å². The molecule has 0 amide bonds. The van der Waals surface area contributed by atoms with Gasteiger partial charge in [0.2, 0.25) is 0 Å². The molecule has 2 aromatic carbocycles. The van der Waals surface area contributed by atoms with Gasteiger partial charge in [-0.25, -0.2) is 0 Å². The standard InChI is InChI=1S/C17H22N2/c1-3-8-16(9-4-1)12-7-14-18-19-15-13-17-10-5-2-6-11-17/h1-6,8-11,18-19H,7,12-15H2. The van der Waals surface area contributed by atoms with Gasteiger partial charge >= 0.3 is 0 Å². The number of hydrogen-bond acceptors (Lipinski definition) is 2. The van der Waals surface area contributed by atoms with Gasteiger partial charge < -0.3 is 0 Å². The number of benzene rings is 2. The topological polar surface area (TPSA) is 24.1 Å². The predicted octanol–water partition coefficient (Wildman–Crippen LogP) is 2.96. The van der Waals surface area contributed by atoms with E-state index in [2.05, 4.69) is 71.5 Å². The molecule has 0 aliphatic rings. The lowest BCUT2D eigenvalue weighted by molar-refractivity contribution is 0.523. The van der Waals surface area contributed by atoms with Gasteiger partial charge in [-0.2, -0.15) is 0 Å². The lowest BCUT2D eigenvalue weighted by Crippen LogP contribution is -2.34. The molecule has 0 saturated heterocycles. The zero-order chi connectivity index (χ0) is 13.2. The molecule has 0 radical (unpaired) electrons. The smallest absolute Gasteiger partial charge is 0.0140 e. The second-order valence-corrected chi connectivity index (χ2v) is 4.68.